The zero-order valence-corrected chi connectivity index (χ0v) is 16.6. The number of nitro groups is 1. The second-order valence-electron chi connectivity index (χ2n) is 6.69. The molecule has 3 rings (SSSR count). The van der Waals surface area contributed by atoms with Gasteiger partial charge in [0.1, 0.15) is 5.69 Å². The molecule has 10 nitrogen and oxygen atoms in total. The number of rotatable bonds is 5. The summed E-state index contributed by atoms with van der Waals surface area (Å²) in [5.74, 6) is 0. The molecule has 0 aromatic heterocycles. The first kappa shape index (κ1) is 20.3. The van der Waals surface area contributed by atoms with E-state index < -0.39 is 21.0 Å². The topological polar surface area (TPSA) is 113 Å². The maximum atomic E-state index is 12.7. The fraction of sp³-hybridized carbons (Fsp3) is 0.588. The van der Waals surface area contributed by atoms with Gasteiger partial charge in [-0.2, -0.15) is 4.31 Å². The van der Waals surface area contributed by atoms with E-state index in [1.165, 1.54) is 16.4 Å². The molecule has 2 aliphatic rings. The number of carbonyl (C=O) groups is 1. The molecule has 0 atom stereocenters. The highest BCUT2D eigenvalue weighted by Crippen LogP contribution is 2.33. The van der Waals surface area contributed by atoms with Crippen LogP contribution in [-0.2, 0) is 14.8 Å². The highest BCUT2D eigenvalue weighted by Gasteiger charge is 2.31. The van der Waals surface area contributed by atoms with Crippen molar-refractivity contribution in [3.05, 3.63) is 28.3 Å². The van der Waals surface area contributed by atoms with Crippen molar-refractivity contribution < 1.29 is 22.9 Å². The molecule has 0 bridgehead atoms. The maximum absolute atomic E-state index is 12.7. The highest BCUT2D eigenvalue weighted by atomic mass is 32.2. The molecule has 0 unspecified atom stereocenters. The van der Waals surface area contributed by atoms with Gasteiger partial charge in [-0.25, -0.2) is 13.2 Å². The highest BCUT2D eigenvalue weighted by molar-refractivity contribution is 7.89. The Labute approximate surface area is 163 Å². The Kier molecular flexibility index (Phi) is 6.04. The summed E-state index contributed by atoms with van der Waals surface area (Å²) in [6.07, 6.45) is 1.19. The third kappa shape index (κ3) is 4.04. The van der Waals surface area contributed by atoms with Gasteiger partial charge >= 0.3 is 6.09 Å². The molecule has 1 aromatic carbocycles. The summed E-state index contributed by atoms with van der Waals surface area (Å²) in [6, 6.07) is 4.05. The molecular formula is C17H24N4O6S. The van der Waals surface area contributed by atoms with E-state index in [4.69, 9.17) is 4.74 Å². The Hall–Kier alpha value is -2.40. The minimum atomic E-state index is -3.73. The van der Waals surface area contributed by atoms with Crippen molar-refractivity contribution in [2.24, 2.45) is 0 Å². The largest absolute Gasteiger partial charge is 0.450 e. The zero-order chi connectivity index (χ0) is 20.3. The average molecular weight is 412 g/mol. The normalized spacial score (nSPS) is 18.3. The number of sulfonamides is 1. The smallest absolute Gasteiger partial charge is 0.409 e. The zero-order valence-electron chi connectivity index (χ0n) is 15.7. The van der Waals surface area contributed by atoms with E-state index in [-0.39, 0.29) is 17.2 Å². The molecule has 0 aliphatic carbocycles. The number of amides is 1. The summed E-state index contributed by atoms with van der Waals surface area (Å²) in [5.41, 5.74) is 0.110. The van der Waals surface area contributed by atoms with Crippen molar-refractivity contribution >= 4 is 27.5 Å². The molecule has 0 radical (unpaired) electrons. The lowest BCUT2D eigenvalue weighted by atomic mass is 10.2. The van der Waals surface area contributed by atoms with Crippen molar-refractivity contribution in [1.29, 1.82) is 0 Å². The summed E-state index contributed by atoms with van der Waals surface area (Å²) in [4.78, 5) is 26.1. The molecule has 2 heterocycles. The van der Waals surface area contributed by atoms with Crippen LogP contribution in [0.15, 0.2) is 23.1 Å². The quantitative estimate of drug-likeness (QED) is 0.534. The van der Waals surface area contributed by atoms with Gasteiger partial charge in [0.2, 0.25) is 10.0 Å². The van der Waals surface area contributed by atoms with Gasteiger partial charge in [0.15, 0.2) is 0 Å². The van der Waals surface area contributed by atoms with Gasteiger partial charge in [0.25, 0.3) is 5.69 Å². The SMILES string of the molecule is CCOC(=O)N1CCN(c2ccc(S(=O)(=O)N3CCCC3)cc2[N+](=O)[O-])CC1. The van der Waals surface area contributed by atoms with Crippen molar-refractivity contribution in [1.82, 2.24) is 9.21 Å². The first-order chi connectivity index (χ1) is 13.3. The van der Waals surface area contributed by atoms with Crippen LogP contribution in [0.4, 0.5) is 16.2 Å². The van der Waals surface area contributed by atoms with E-state index in [2.05, 4.69) is 0 Å². The first-order valence-electron chi connectivity index (χ1n) is 9.30. The molecule has 0 saturated carbocycles. The van der Waals surface area contributed by atoms with Gasteiger partial charge in [-0.05, 0) is 31.9 Å². The fourth-order valence-electron chi connectivity index (χ4n) is 3.50. The van der Waals surface area contributed by atoms with Gasteiger partial charge in [-0.15, -0.1) is 0 Å². The van der Waals surface area contributed by atoms with Crippen molar-refractivity contribution in [2.45, 2.75) is 24.7 Å². The summed E-state index contributed by atoms with van der Waals surface area (Å²) in [6.45, 7) is 4.46. The van der Waals surface area contributed by atoms with E-state index in [0.717, 1.165) is 18.9 Å². The monoisotopic (exact) mass is 412 g/mol. The predicted octanol–water partition coefficient (Wildman–Crippen LogP) is 1.66. The molecule has 0 N–H and O–H groups in total. The van der Waals surface area contributed by atoms with Crippen LogP contribution >= 0.6 is 0 Å². The van der Waals surface area contributed by atoms with Crippen LogP contribution in [0.25, 0.3) is 0 Å². The van der Waals surface area contributed by atoms with Gasteiger partial charge in [-0.3, -0.25) is 10.1 Å². The number of nitrogens with zero attached hydrogens (tertiary/aromatic N) is 4. The Balaban J connectivity index is 1.81. The lowest BCUT2D eigenvalue weighted by Crippen LogP contribution is -2.49. The molecule has 2 aliphatic heterocycles. The van der Waals surface area contributed by atoms with Crippen LogP contribution in [0.1, 0.15) is 19.8 Å². The lowest BCUT2D eigenvalue weighted by molar-refractivity contribution is -0.384. The average Bonchev–Trinajstić information content (AvgIpc) is 3.23. The molecule has 154 valence electrons. The number of hydrogen-bond acceptors (Lipinski definition) is 7. The van der Waals surface area contributed by atoms with Gasteiger partial charge in [0.05, 0.1) is 16.4 Å². The minimum absolute atomic E-state index is 0.0602. The van der Waals surface area contributed by atoms with Crippen LogP contribution in [0.3, 0.4) is 0 Å². The molecule has 2 fully saturated rings. The number of benzene rings is 1. The first-order valence-corrected chi connectivity index (χ1v) is 10.7. The molecule has 2 saturated heterocycles. The number of ether oxygens (including phenoxy) is 1. The van der Waals surface area contributed by atoms with E-state index in [9.17, 15) is 23.3 Å². The third-order valence-corrected chi connectivity index (χ3v) is 6.89. The Bertz CT molecular complexity index is 845. The Morgan fingerprint density at radius 3 is 2.36 bits per heavy atom. The molecule has 0 spiro atoms. The second-order valence-corrected chi connectivity index (χ2v) is 8.63. The minimum Gasteiger partial charge on any atom is -0.450 e. The van der Waals surface area contributed by atoms with E-state index in [1.54, 1.807) is 16.7 Å². The second kappa shape index (κ2) is 8.31. The number of anilines is 1. The predicted molar refractivity (Wildman–Crippen MR) is 102 cm³/mol. The van der Waals surface area contributed by atoms with Crippen LogP contribution in [0, 0.1) is 10.1 Å². The molecule has 28 heavy (non-hydrogen) atoms. The van der Waals surface area contributed by atoms with Crippen LogP contribution in [0.2, 0.25) is 0 Å². The van der Waals surface area contributed by atoms with Crippen molar-refractivity contribution in [3.8, 4) is 0 Å². The maximum Gasteiger partial charge on any atom is 0.409 e. The summed E-state index contributed by atoms with van der Waals surface area (Å²) in [5, 5.41) is 11.6. The molecule has 1 aromatic rings. The number of piperazine rings is 1. The van der Waals surface area contributed by atoms with Crippen molar-refractivity contribution in [3.63, 3.8) is 0 Å². The summed E-state index contributed by atoms with van der Waals surface area (Å²) in [7, 11) is -3.73. The Morgan fingerprint density at radius 2 is 1.79 bits per heavy atom. The Morgan fingerprint density at radius 1 is 1.14 bits per heavy atom. The molecule has 1 amide bonds. The number of carbonyl (C=O) groups excluding carboxylic acids is 1. The van der Waals surface area contributed by atoms with Crippen LogP contribution in [0.5, 0.6) is 0 Å². The number of hydrogen-bond donors (Lipinski definition) is 0. The van der Waals surface area contributed by atoms with Crippen LogP contribution in [-0.4, -0.2) is 74.5 Å². The van der Waals surface area contributed by atoms with E-state index in [0.29, 0.717) is 45.0 Å². The standard InChI is InChI=1S/C17H24N4O6S/c1-2-27-17(22)19-11-9-18(10-12-19)15-6-5-14(13-16(15)21(23)24)28(25,26)20-7-3-4-8-20/h5-6,13H,2-4,7-12H2,1H3. The van der Waals surface area contributed by atoms with E-state index in [1.807, 2.05) is 0 Å². The lowest BCUT2D eigenvalue weighted by Gasteiger charge is -2.35. The van der Waals surface area contributed by atoms with E-state index >= 15 is 0 Å². The summed E-state index contributed by atoms with van der Waals surface area (Å²) >= 11 is 0. The van der Waals surface area contributed by atoms with Gasteiger partial charge < -0.3 is 14.5 Å². The van der Waals surface area contributed by atoms with Crippen LogP contribution < -0.4 is 4.90 Å². The fourth-order valence-corrected chi connectivity index (χ4v) is 5.04. The number of nitro benzene ring substituents is 1. The van der Waals surface area contributed by atoms with Gasteiger partial charge in [-0.1, -0.05) is 0 Å². The molecule has 11 heteroatoms. The van der Waals surface area contributed by atoms with Gasteiger partial charge in [0, 0.05) is 45.3 Å². The van der Waals surface area contributed by atoms with Crippen molar-refractivity contribution in [2.75, 3.05) is 50.8 Å². The third-order valence-electron chi connectivity index (χ3n) is 4.99. The summed E-state index contributed by atoms with van der Waals surface area (Å²) < 4.78 is 31.8. The molecular weight excluding hydrogens is 388 g/mol.